The maximum Gasteiger partial charge on any atom is 0.192 e. The average Bonchev–Trinajstić information content (AvgIpc) is 3.05. The molecule has 2 heteroatoms. The van der Waals surface area contributed by atoms with E-state index in [0.29, 0.717) is 11.3 Å². The summed E-state index contributed by atoms with van der Waals surface area (Å²) >= 11 is 1.65. The molecule has 0 aliphatic heterocycles. The molecule has 1 aromatic carbocycles. The second-order valence-corrected chi connectivity index (χ2v) is 10.9. The van der Waals surface area contributed by atoms with Crippen molar-refractivity contribution in [1.29, 1.82) is 0 Å². The summed E-state index contributed by atoms with van der Waals surface area (Å²) in [6.45, 7) is 5.00. The first-order chi connectivity index (χ1) is 13.0. The summed E-state index contributed by atoms with van der Waals surface area (Å²) in [5, 5.41) is 0. The summed E-state index contributed by atoms with van der Waals surface area (Å²) in [5.74, 6) is 2.69. The van der Waals surface area contributed by atoms with Gasteiger partial charge < -0.3 is 0 Å². The SMILES string of the molecule is C[C@@]12CCC[C@H]1[C@@H]1CCC3=CC(=O)C(Sc4ccccc4)=C[C@]3(C)[C@H]1CC2. The lowest BCUT2D eigenvalue weighted by Crippen LogP contribution is -2.48. The van der Waals surface area contributed by atoms with E-state index in [9.17, 15) is 4.79 Å². The second-order valence-electron chi connectivity index (χ2n) is 9.74. The van der Waals surface area contributed by atoms with Crippen molar-refractivity contribution in [3.05, 3.63) is 53.0 Å². The second kappa shape index (κ2) is 6.37. The quantitative estimate of drug-likeness (QED) is 0.562. The number of thioether (sulfide) groups is 1. The van der Waals surface area contributed by atoms with E-state index >= 15 is 0 Å². The molecule has 3 fully saturated rings. The maximum absolute atomic E-state index is 12.8. The fourth-order valence-corrected chi connectivity index (χ4v) is 7.96. The van der Waals surface area contributed by atoms with Gasteiger partial charge in [0.2, 0.25) is 0 Å². The highest BCUT2D eigenvalue weighted by atomic mass is 32.2. The number of allylic oxidation sites excluding steroid dienone is 4. The number of carbonyl (C=O) groups excluding carboxylic acids is 1. The van der Waals surface area contributed by atoms with Crippen LogP contribution in [0.4, 0.5) is 0 Å². The minimum absolute atomic E-state index is 0.0812. The van der Waals surface area contributed by atoms with Gasteiger partial charge in [0.1, 0.15) is 0 Å². The highest BCUT2D eigenvalue weighted by molar-refractivity contribution is 8.04. The third-order valence-corrected chi connectivity index (χ3v) is 9.42. The molecule has 0 unspecified atom stereocenters. The van der Waals surface area contributed by atoms with E-state index in [1.54, 1.807) is 11.8 Å². The van der Waals surface area contributed by atoms with Gasteiger partial charge in [-0.05, 0) is 79.9 Å². The van der Waals surface area contributed by atoms with Gasteiger partial charge in [0.05, 0.1) is 4.91 Å². The van der Waals surface area contributed by atoms with Crippen LogP contribution in [0.2, 0.25) is 0 Å². The smallest absolute Gasteiger partial charge is 0.192 e. The first-order valence-electron chi connectivity index (χ1n) is 10.7. The van der Waals surface area contributed by atoms with E-state index in [1.807, 2.05) is 12.1 Å². The molecule has 0 saturated heterocycles. The normalized spacial score (nSPS) is 40.5. The molecule has 0 aromatic heterocycles. The maximum atomic E-state index is 12.8. The van der Waals surface area contributed by atoms with Gasteiger partial charge in [-0.1, -0.05) is 61.9 Å². The molecule has 0 heterocycles. The molecule has 0 amide bonds. The third kappa shape index (κ3) is 2.78. The van der Waals surface area contributed by atoms with E-state index in [1.165, 1.54) is 44.1 Å². The zero-order chi connectivity index (χ0) is 18.6. The Balaban J connectivity index is 1.49. The Morgan fingerprint density at radius 2 is 1.81 bits per heavy atom. The first-order valence-corrected chi connectivity index (χ1v) is 11.5. The van der Waals surface area contributed by atoms with Crippen molar-refractivity contribution in [2.75, 3.05) is 0 Å². The van der Waals surface area contributed by atoms with E-state index < -0.39 is 0 Å². The first kappa shape index (κ1) is 17.8. The van der Waals surface area contributed by atoms with Crippen molar-refractivity contribution < 1.29 is 4.79 Å². The molecule has 1 aromatic rings. The lowest BCUT2D eigenvalue weighted by molar-refractivity contribution is -0.111. The number of carbonyl (C=O) groups is 1. The van der Waals surface area contributed by atoms with Gasteiger partial charge in [0.15, 0.2) is 5.78 Å². The summed E-state index contributed by atoms with van der Waals surface area (Å²) < 4.78 is 0. The van der Waals surface area contributed by atoms with Crippen molar-refractivity contribution in [1.82, 2.24) is 0 Å². The van der Waals surface area contributed by atoms with E-state index in [-0.39, 0.29) is 11.2 Å². The summed E-state index contributed by atoms with van der Waals surface area (Å²) in [5.41, 5.74) is 2.08. The van der Waals surface area contributed by atoms with Gasteiger partial charge in [0.25, 0.3) is 0 Å². The lowest BCUT2D eigenvalue weighted by Gasteiger charge is -2.56. The molecule has 0 N–H and O–H groups in total. The Hall–Kier alpha value is -1.28. The van der Waals surface area contributed by atoms with E-state index in [2.05, 4.69) is 44.2 Å². The number of ketones is 1. The number of rotatable bonds is 2. The van der Waals surface area contributed by atoms with Crippen molar-refractivity contribution in [2.45, 2.75) is 63.7 Å². The largest absolute Gasteiger partial charge is 0.289 e. The molecule has 142 valence electrons. The van der Waals surface area contributed by atoms with Crippen molar-refractivity contribution in [3.8, 4) is 0 Å². The molecule has 4 aliphatic carbocycles. The van der Waals surface area contributed by atoms with Gasteiger partial charge in [-0.25, -0.2) is 0 Å². The van der Waals surface area contributed by atoms with Crippen molar-refractivity contribution in [3.63, 3.8) is 0 Å². The molecule has 1 nitrogen and oxygen atoms in total. The lowest BCUT2D eigenvalue weighted by atomic mass is 9.48. The van der Waals surface area contributed by atoms with E-state index in [4.69, 9.17) is 0 Å². The van der Waals surface area contributed by atoms with Crippen LogP contribution in [0.5, 0.6) is 0 Å². The number of hydrogen-bond donors (Lipinski definition) is 0. The molecular weight excluding hydrogens is 348 g/mol. The number of fused-ring (bicyclic) bond motifs is 5. The Morgan fingerprint density at radius 3 is 2.63 bits per heavy atom. The van der Waals surface area contributed by atoms with Gasteiger partial charge in [-0.15, -0.1) is 0 Å². The van der Waals surface area contributed by atoms with Crippen LogP contribution in [-0.2, 0) is 4.79 Å². The van der Waals surface area contributed by atoms with Crippen LogP contribution in [0, 0.1) is 28.6 Å². The molecule has 0 bridgehead atoms. The van der Waals surface area contributed by atoms with Gasteiger partial charge in [0, 0.05) is 10.3 Å². The molecule has 4 aliphatic rings. The average molecular weight is 379 g/mol. The van der Waals surface area contributed by atoms with Crippen LogP contribution in [0.15, 0.2) is 57.9 Å². The van der Waals surface area contributed by atoms with Crippen molar-refractivity contribution in [2.24, 2.45) is 28.6 Å². The number of benzene rings is 1. The minimum atomic E-state index is 0.0812. The fraction of sp³-hybridized carbons (Fsp3) is 0.560. The Kier molecular flexibility index (Phi) is 4.20. The Bertz CT molecular complexity index is 822. The monoisotopic (exact) mass is 378 g/mol. The molecule has 27 heavy (non-hydrogen) atoms. The van der Waals surface area contributed by atoms with Crippen LogP contribution >= 0.6 is 11.8 Å². The zero-order valence-electron chi connectivity index (χ0n) is 16.5. The molecule has 5 rings (SSSR count). The highest BCUT2D eigenvalue weighted by Crippen LogP contribution is 2.65. The summed E-state index contributed by atoms with van der Waals surface area (Å²) in [4.78, 5) is 14.9. The Labute approximate surface area is 167 Å². The zero-order valence-corrected chi connectivity index (χ0v) is 17.4. The predicted molar refractivity (Wildman–Crippen MR) is 112 cm³/mol. The van der Waals surface area contributed by atoms with Crippen LogP contribution in [0.25, 0.3) is 0 Å². The van der Waals surface area contributed by atoms with Crippen molar-refractivity contribution >= 4 is 17.5 Å². The molecular formula is C25H30OS. The van der Waals surface area contributed by atoms with Crippen LogP contribution in [0.3, 0.4) is 0 Å². The van der Waals surface area contributed by atoms with Crippen LogP contribution in [-0.4, -0.2) is 5.78 Å². The number of hydrogen-bond acceptors (Lipinski definition) is 2. The highest BCUT2D eigenvalue weighted by Gasteiger charge is 2.55. The summed E-state index contributed by atoms with van der Waals surface area (Å²) in [6.07, 6.45) is 13.8. The standard InChI is InChI=1S/C25H30OS/c1-24-13-6-9-20(24)19-11-10-17-15-22(26)23(27-18-7-4-3-5-8-18)16-25(17,2)21(19)12-14-24/h3-5,7-8,15-16,19-21H,6,9-14H2,1-2H3/t19-,20-,21-,24-,25-/m0/s1. The van der Waals surface area contributed by atoms with Crippen LogP contribution < -0.4 is 0 Å². The van der Waals surface area contributed by atoms with Gasteiger partial charge in [-0.3, -0.25) is 4.79 Å². The summed E-state index contributed by atoms with van der Waals surface area (Å²) in [7, 11) is 0. The van der Waals surface area contributed by atoms with Gasteiger partial charge >= 0.3 is 0 Å². The minimum Gasteiger partial charge on any atom is -0.289 e. The third-order valence-electron chi connectivity index (χ3n) is 8.38. The Morgan fingerprint density at radius 1 is 1.00 bits per heavy atom. The topological polar surface area (TPSA) is 17.1 Å². The predicted octanol–water partition coefficient (Wildman–Crippen LogP) is 6.80. The fourth-order valence-electron chi connectivity index (χ4n) is 6.95. The molecule has 0 radical (unpaired) electrons. The van der Waals surface area contributed by atoms with Crippen LogP contribution in [0.1, 0.15) is 58.8 Å². The molecule has 5 atom stereocenters. The summed E-state index contributed by atoms with van der Waals surface area (Å²) in [6, 6.07) is 10.4. The van der Waals surface area contributed by atoms with E-state index in [0.717, 1.165) is 28.1 Å². The molecule has 3 saturated carbocycles. The molecule has 0 spiro atoms. The van der Waals surface area contributed by atoms with Gasteiger partial charge in [-0.2, -0.15) is 0 Å².